The molecule has 0 atom stereocenters. The molecular formula is C14H18N2O2S2. The van der Waals surface area contributed by atoms with Crippen LogP contribution in [0.25, 0.3) is 0 Å². The van der Waals surface area contributed by atoms with E-state index in [1.807, 2.05) is 30.5 Å². The maximum absolute atomic E-state index is 12.2. The van der Waals surface area contributed by atoms with Gasteiger partial charge in [0, 0.05) is 18.0 Å². The predicted octanol–water partition coefficient (Wildman–Crippen LogP) is 2.25. The molecule has 6 heteroatoms. The molecule has 0 fully saturated rings. The normalized spacial score (nSPS) is 11.7. The Bertz CT molecular complexity index is 664. The molecule has 0 spiro atoms. The van der Waals surface area contributed by atoms with Crippen molar-refractivity contribution in [3.05, 3.63) is 51.7 Å². The minimum absolute atomic E-state index is 0.270. The monoisotopic (exact) mass is 310 g/mol. The van der Waals surface area contributed by atoms with Gasteiger partial charge in [-0.05, 0) is 41.1 Å². The van der Waals surface area contributed by atoms with E-state index in [9.17, 15) is 8.42 Å². The Balaban J connectivity index is 2.20. The van der Waals surface area contributed by atoms with Crippen LogP contribution in [0, 0.1) is 0 Å². The summed E-state index contributed by atoms with van der Waals surface area (Å²) in [7, 11) is -3.49. The highest BCUT2D eigenvalue weighted by atomic mass is 32.2. The van der Waals surface area contributed by atoms with Gasteiger partial charge in [0.2, 0.25) is 10.0 Å². The van der Waals surface area contributed by atoms with E-state index < -0.39 is 10.0 Å². The molecule has 20 heavy (non-hydrogen) atoms. The van der Waals surface area contributed by atoms with Crippen molar-refractivity contribution in [1.82, 2.24) is 4.72 Å². The molecule has 4 nitrogen and oxygen atoms in total. The van der Waals surface area contributed by atoms with E-state index in [1.54, 1.807) is 12.1 Å². The van der Waals surface area contributed by atoms with Crippen molar-refractivity contribution in [3.63, 3.8) is 0 Å². The molecule has 0 aliphatic rings. The summed E-state index contributed by atoms with van der Waals surface area (Å²) < 4.78 is 27.1. The summed E-state index contributed by atoms with van der Waals surface area (Å²) in [5.41, 5.74) is 7.64. The third-order valence-electron chi connectivity index (χ3n) is 3.11. The highest BCUT2D eigenvalue weighted by molar-refractivity contribution is 7.89. The first-order valence-corrected chi connectivity index (χ1v) is 8.77. The molecule has 0 bridgehead atoms. The lowest BCUT2D eigenvalue weighted by Crippen LogP contribution is -2.23. The Morgan fingerprint density at radius 2 is 2.05 bits per heavy atom. The first kappa shape index (κ1) is 15.2. The number of benzene rings is 1. The Labute approximate surface area is 123 Å². The van der Waals surface area contributed by atoms with Crippen LogP contribution in [0.2, 0.25) is 0 Å². The number of hydrogen-bond acceptors (Lipinski definition) is 4. The van der Waals surface area contributed by atoms with E-state index >= 15 is 0 Å². The molecule has 0 saturated heterocycles. The van der Waals surface area contributed by atoms with Gasteiger partial charge in [-0.25, -0.2) is 13.1 Å². The molecule has 1 aromatic heterocycles. The van der Waals surface area contributed by atoms with Crippen molar-refractivity contribution in [2.45, 2.75) is 31.3 Å². The second kappa shape index (κ2) is 6.49. The smallest absolute Gasteiger partial charge is 0.240 e. The zero-order valence-electron chi connectivity index (χ0n) is 11.3. The van der Waals surface area contributed by atoms with Gasteiger partial charge in [0.1, 0.15) is 0 Å². The summed E-state index contributed by atoms with van der Waals surface area (Å²) in [4.78, 5) is 1.25. The van der Waals surface area contributed by atoms with Crippen LogP contribution in [-0.2, 0) is 29.5 Å². The van der Waals surface area contributed by atoms with Crippen molar-refractivity contribution in [3.8, 4) is 0 Å². The van der Waals surface area contributed by atoms with E-state index in [1.165, 1.54) is 11.3 Å². The van der Waals surface area contributed by atoms with Gasteiger partial charge in [-0.2, -0.15) is 0 Å². The molecule has 1 aromatic carbocycles. The molecule has 0 radical (unpaired) electrons. The van der Waals surface area contributed by atoms with Gasteiger partial charge in [0.05, 0.1) is 4.90 Å². The molecule has 3 N–H and O–H groups in total. The quantitative estimate of drug-likeness (QED) is 0.859. The zero-order valence-corrected chi connectivity index (χ0v) is 12.9. The van der Waals surface area contributed by atoms with E-state index in [-0.39, 0.29) is 4.90 Å². The highest BCUT2D eigenvalue weighted by Gasteiger charge is 2.15. The third-order valence-corrected chi connectivity index (χ3v) is 5.38. The minimum atomic E-state index is -3.49. The lowest BCUT2D eigenvalue weighted by atomic mass is 10.1. The number of thiophene rings is 1. The molecule has 0 saturated carbocycles. The van der Waals surface area contributed by atoms with Crippen LogP contribution in [0.1, 0.15) is 22.9 Å². The molecular weight excluding hydrogens is 292 g/mol. The van der Waals surface area contributed by atoms with Gasteiger partial charge in [0.15, 0.2) is 0 Å². The van der Waals surface area contributed by atoms with Gasteiger partial charge in [-0.1, -0.05) is 19.1 Å². The maximum atomic E-state index is 12.2. The molecule has 2 rings (SSSR count). The molecule has 2 aromatic rings. The van der Waals surface area contributed by atoms with Crippen molar-refractivity contribution in [2.75, 3.05) is 0 Å². The van der Waals surface area contributed by atoms with Crippen molar-refractivity contribution >= 4 is 21.4 Å². The number of aryl methyl sites for hydroxylation is 1. The fourth-order valence-electron chi connectivity index (χ4n) is 1.97. The lowest BCUT2D eigenvalue weighted by molar-refractivity contribution is 0.581. The number of hydrogen-bond donors (Lipinski definition) is 2. The number of sulfonamides is 1. The third kappa shape index (κ3) is 3.46. The Morgan fingerprint density at radius 1 is 1.25 bits per heavy atom. The van der Waals surface area contributed by atoms with Gasteiger partial charge in [-0.3, -0.25) is 0 Å². The van der Waals surface area contributed by atoms with E-state index in [4.69, 9.17) is 5.73 Å². The number of rotatable bonds is 6. The van der Waals surface area contributed by atoms with Gasteiger partial charge < -0.3 is 5.73 Å². The molecule has 0 aliphatic heterocycles. The summed E-state index contributed by atoms with van der Waals surface area (Å²) in [6.45, 7) is 2.68. The Hall–Kier alpha value is -1.21. The lowest BCUT2D eigenvalue weighted by Gasteiger charge is -2.10. The number of nitrogens with one attached hydrogen (secondary N) is 1. The van der Waals surface area contributed by atoms with Crippen LogP contribution < -0.4 is 10.5 Å². The first-order chi connectivity index (χ1) is 9.56. The van der Waals surface area contributed by atoms with E-state index in [2.05, 4.69) is 4.72 Å². The topological polar surface area (TPSA) is 72.2 Å². The van der Waals surface area contributed by atoms with Crippen LogP contribution in [0.15, 0.2) is 40.6 Å². The second-order valence-electron chi connectivity index (χ2n) is 4.39. The predicted molar refractivity (Wildman–Crippen MR) is 82.1 cm³/mol. The first-order valence-electron chi connectivity index (χ1n) is 6.40. The average molecular weight is 310 g/mol. The molecule has 0 amide bonds. The fraction of sp³-hybridized carbons (Fsp3) is 0.286. The van der Waals surface area contributed by atoms with Crippen molar-refractivity contribution < 1.29 is 8.42 Å². The van der Waals surface area contributed by atoms with Crippen molar-refractivity contribution in [1.29, 1.82) is 0 Å². The van der Waals surface area contributed by atoms with Crippen LogP contribution in [-0.4, -0.2) is 8.42 Å². The molecule has 108 valence electrons. The maximum Gasteiger partial charge on any atom is 0.240 e. The van der Waals surface area contributed by atoms with Gasteiger partial charge in [0.25, 0.3) is 0 Å². The molecule has 0 aliphatic carbocycles. The second-order valence-corrected chi connectivity index (χ2v) is 7.19. The van der Waals surface area contributed by atoms with E-state index in [0.717, 1.165) is 22.4 Å². The zero-order chi connectivity index (χ0) is 14.6. The SMILES string of the molecule is CCc1ccc(S(=O)(=O)NCc2cccs2)cc1CN. The summed E-state index contributed by atoms with van der Waals surface area (Å²) in [6.07, 6.45) is 0.843. The average Bonchev–Trinajstić information content (AvgIpc) is 2.97. The van der Waals surface area contributed by atoms with Crippen LogP contribution in [0.4, 0.5) is 0 Å². The fourth-order valence-corrected chi connectivity index (χ4v) is 3.76. The largest absolute Gasteiger partial charge is 0.326 e. The van der Waals surface area contributed by atoms with Crippen LogP contribution in [0.3, 0.4) is 0 Å². The van der Waals surface area contributed by atoms with Gasteiger partial charge >= 0.3 is 0 Å². The Kier molecular flexibility index (Phi) is 4.93. The van der Waals surface area contributed by atoms with Crippen LogP contribution in [0.5, 0.6) is 0 Å². The molecule has 1 heterocycles. The summed E-state index contributed by atoms with van der Waals surface area (Å²) in [6, 6.07) is 8.93. The van der Waals surface area contributed by atoms with Gasteiger partial charge in [-0.15, -0.1) is 11.3 Å². The molecule has 0 unspecified atom stereocenters. The summed E-state index contributed by atoms with van der Waals surface area (Å²) >= 11 is 1.53. The minimum Gasteiger partial charge on any atom is -0.326 e. The van der Waals surface area contributed by atoms with Crippen molar-refractivity contribution in [2.24, 2.45) is 5.73 Å². The highest BCUT2D eigenvalue weighted by Crippen LogP contribution is 2.17. The van der Waals surface area contributed by atoms with E-state index in [0.29, 0.717) is 13.1 Å². The summed E-state index contributed by atoms with van der Waals surface area (Å²) in [5.74, 6) is 0. The summed E-state index contributed by atoms with van der Waals surface area (Å²) in [5, 5.41) is 1.92. The number of nitrogens with two attached hydrogens (primary N) is 1. The standard InChI is InChI=1S/C14H18N2O2S2/c1-2-11-5-6-14(8-12(11)9-15)20(17,18)16-10-13-4-3-7-19-13/h3-8,16H,2,9-10,15H2,1H3. The van der Waals surface area contributed by atoms with Crippen LogP contribution >= 0.6 is 11.3 Å². The Morgan fingerprint density at radius 3 is 2.65 bits per heavy atom.